The van der Waals surface area contributed by atoms with E-state index in [-0.39, 0.29) is 5.41 Å². The second kappa shape index (κ2) is 11.7. The van der Waals surface area contributed by atoms with Crippen LogP contribution in [0, 0.1) is 0 Å². The van der Waals surface area contributed by atoms with E-state index >= 15 is 0 Å². The average molecular weight is 755 g/mol. The highest BCUT2D eigenvalue weighted by Gasteiger charge is 2.36. The summed E-state index contributed by atoms with van der Waals surface area (Å²) in [6, 6.07) is 67.2. The van der Waals surface area contributed by atoms with Gasteiger partial charge in [0.2, 0.25) is 0 Å². The molecule has 0 atom stereocenters. The maximum atomic E-state index is 2.47. The van der Waals surface area contributed by atoms with Gasteiger partial charge < -0.3 is 18.3 Å². The predicted molar refractivity (Wildman–Crippen MR) is 246 cm³/mol. The largest absolute Gasteiger partial charge is 0.316 e. The standard InChI is InChI=1S/C55H38N4/c1-55(2)47-31-39(58-49-19-11-9-17-43(49)45-29-35-25-27-56(51(35)33-53(45)58)37-13-5-3-6-14-37)21-23-41(47)42-24-22-40(32-48(42)55)59-50-20-12-10-18-44(50)46-30-36-26-28-57(52(36)34-54(46)59)38-15-7-4-8-16-38/h3-34H,1-2H3. The van der Waals surface area contributed by atoms with Crippen molar-refractivity contribution in [3.63, 3.8) is 0 Å². The molecule has 8 aromatic carbocycles. The molecule has 4 aromatic heterocycles. The van der Waals surface area contributed by atoms with E-state index in [2.05, 4.69) is 227 Å². The van der Waals surface area contributed by atoms with E-state index in [1.54, 1.807) is 0 Å². The Bertz CT molecular complexity index is 3440. The number of benzene rings is 8. The molecule has 12 aromatic rings. The predicted octanol–water partition coefficient (Wildman–Crippen LogP) is 14.1. The normalized spacial score (nSPS) is 13.4. The lowest BCUT2D eigenvalue weighted by Gasteiger charge is -2.23. The van der Waals surface area contributed by atoms with Gasteiger partial charge in [-0.15, -0.1) is 0 Å². The summed E-state index contributed by atoms with van der Waals surface area (Å²) < 4.78 is 9.55. The van der Waals surface area contributed by atoms with Crippen molar-refractivity contribution >= 4 is 65.4 Å². The van der Waals surface area contributed by atoms with Crippen LogP contribution in [0.15, 0.2) is 194 Å². The molecule has 0 amide bonds. The van der Waals surface area contributed by atoms with Crippen LogP contribution < -0.4 is 0 Å². The van der Waals surface area contributed by atoms with Gasteiger partial charge in [-0.2, -0.15) is 0 Å². The Hall–Kier alpha value is -7.56. The first kappa shape index (κ1) is 32.5. The molecule has 1 aliphatic rings. The molecule has 0 saturated heterocycles. The molecule has 4 heterocycles. The van der Waals surface area contributed by atoms with Crippen molar-refractivity contribution in [3.8, 4) is 33.9 Å². The number of hydrogen-bond acceptors (Lipinski definition) is 0. The SMILES string of the molecule is CC1(C)c2cc(-n3c4ccccc4c4cc5ccn(-c6ccccc6)c5cc43)ccc2-c2ccc(-n3c4ccccc4c4cc5ccn(-c6ccccc6)c5cc43)cc21. The van der Waals surface area contributed by atoms with E-state index < -0.39 is 0 Å². The molecule has 0 saturated carbocycles. The molecule has 0 N–H and O–H groups in total. The van der Waals surface area contributed by atoms with Crippen LogP contribution in [-0.4, -0.2) is 18.3 Å². The number of nitrogens with zero attached hydrogens (tertiary/aromatic N) is 4. The van der Waals surface area contributed by atoms with Crippen molar-refractivity contribution in [2.24, 2.45) is 0 Å². The lowest BCUT2D eigenvalue weighted by atomic mass is 9.82. The minimum Gasteiger partial charge on any atom is -0.316 e. The fraction of sp³-hybridized carbons (Fsp3) is 0.0545. The minimum absolute atomic E-state index is 0.223. The number of fused-ring (bicyclic) bond motifs is 11. The first-order valence-corrected chi connectivity index (χ1v) is 20.5. The molecule has 0 bridgehead atoms. The van der Waals surface area contributed by atoms with Crippen molar-refractivity contribution in [2.45, 2.75) is 19.3 Å². The summed E-state index contributed by atoms with van der Waals surface area (Å²) in [5, 5.41) is 7.55. The molecule has 0 spiro atoms. The van der Waals surface area contributed by atoms with Gasteiger partial charge in [0.25, 0.3) is 0 Å². The maximum absolute atomic E-state index is 2.47. The highest BCUT2D eigenvalue weighted by molar-refractivity contribution is 6.15. The first-order valence-electron chi connectivity index (χ1n) is 20.5. The lowest BCUT2D eigenvalue weighted by molar-refractivity contribution is 0.659. The Labute approximate surface area is 341 Å². The molecule has 13 rings (SSSR count). The monoisotopic (exact) mass is 754 g/mol. The zero-order chi connectivity index (χ0) is 39.0. The zero-order valence-corrected chi connectivity index (χ0v) is 32.8. The van der Waals surface area contributed by atoms with Crippen LogP contribution in [0.4, 0.5) is 0 Å². The van der Waals surface area contributed by atoms with Gasteiger partial charge in [-0.1, -0.05) is 98.8 Å². The van der Waals surface area contributed by atoms with Gasteiger partial charge in [0.05, 0.1) is 33.1 Å². The van der Waals surface area contributed by atoms with Crippen LogP contribution in [0.1, 0.15) is 25.0 Å². The van der Waals surface area contributed by atoms with Gasteiger partial charge in [0.1, 0.15) is 0 Å². The van der Waals surface area contributed by atoms with E-state index in [4.69, 9.17) is 0 Å². The van der Waals surface area contributed by atoms with E-state index in [0.29, 0.717) is 0 Å². The number of aromatic nitrogens is 4. The first-order chi connectivity index (χ1) is 29.0. The summed E-state index contributed by atoms with van der Waals surface area (Å²) in [6.07, 6.45) is 4.38. The summed E-state index contributed by atoms with van der Waals surface area (Å²) >= 11 is 0. The third-order valence-corrected chi connectivity index (χ3v) is 13.2. The summed E-state index contributed by atoms with van der Waals surface area (Å²) in [5.41, 5.74) is 17.1. The molecule has 4 heteroatoms. The summed E-state index contributed by atoms with van der Waals surface area (Å²) in [5.74, 6) is 0. The molecule has 0 aliphatic heterocycles. The van der Waals surface area contributed by atoms with Crippen molar-refractivity contribution in [1.29, 1.82) is 0 Å². The van der Waals surface area contributed by atoms with Crippen LogP contribution >= 0.6 is 0 Å². The molecule has 4 nitrogen and oxygen atoms in total. The van der Waals surface area contributed by atoms with Gasteiger partial charge in [-0.3, -0.25) is 0 Å². The molecule has 59 heavy (non-hydrogen) atoms. The second-order valence-electron chi connectivity index (χ2n) is 16.7. The third-order valence-electron chi connectivity index (χ3n) is 13.2. The van der Waals surface area contributed by atoms with Crippen LogP contribution in [0.5, 0.6) is 0 Å². The van der Waals surface area contributed by atoms with Gasteiger partial charge in [-0.25, -0.2) is 0 Å². The smallest absolute Gasteiger partial charge is 0.0562 e. The van der Waals surface area contributed by atoms with E-state index in [0.717, 1.165) is 11.4 Å². The second-order valence-corrected chi connectivity index (χ2v) is 16.7. The minimum atomic E-state index is -0.223. The Morgan fingerprint density at radius 3 is 1.20 bits per heavy atom. The summed E-state index contributed by atoms with van der Waals surface area (Å²) in [4.78, 5) is 0. The highest BCUT2D eigenvalue weighted by atomic mass is 15.0. The third kappa shape index (κ3) is 4.49. The summed E-state index contributed by atoms with van der Waals surface area (Å²) in [7, 11) is 0. The van der Waals surface area contributed by atoms with Crippen molar-refractivity contribution in [3.05, 3.63) is 206 Å². The summed E-state index contributed by atoms with van der Waals surface area (Å²) in [6.45, 7) is 4.80. The topological polar surface area (TPSA) is 19.7 Å². The number of hydrogen-bond donors (Lipinski definition) is 0. The average Bonchev–Trinajstić information content (AvgIpc) is 4.09. The van der Waals surface area contributed by atoms with Gasteiger partial charge >= 0.3 is 0 Å². The van der Waals surface area contributed by atoms with Gasteiger partial charge in [0.15, 0.2) is 0 Å². The van der Waals surface area contributed by atoms with Crippen molar-refractivity contribution < 1.29 is 0 Å². The molecule has 278 valence electrons. The van der Waals surface area contributed by atoms with Gasteiger partial charge in [-0.05, 0) is 119 Å². The molecule has 1 aliphatic carbocycles. The molecule has 0 fully saturated rings. The maximum Gasteiger partial charge on any atom is 0.0562 e. The van der Waals surface area contributed by atoms with Crippen molar-refractivity contribution in [2.75, 3.05) is 0 Å². The van der Waals surface area contributed by atoms with Gasteiger partial charge in [0, 0.05) is 72.9 Å². The number of rotatable bonds is 4. The van der Waals surface area contributed by atoms with E-state index in [1.165, 1.54) is 99.0 Å². The molecule has 0 unspecified atom stereocenters. The molecular formula is C55H38N4. The Balaban J connectivity index is 0.978. The lowest BCUT2D eigenvalue weighted by Crippen LogP contribution is -2.16. The van der Waals surface area contributed by atoms with Crippen LogP contribution in [0.2, 0.25) is 0 Å². The Kier molecular flexibility index (Phi) is 6.48. The van der Waals surface area contributed by atoms with Crippen LogP contribution in [-0.2, 0) is 5.41 Å². The van der Waals surface area contributed by atoms with Crippen LogP contribution in [0.3, 0.4) is 0 Å². The fourth-order valence-corrected chi connectivity index (χ4v) is 10.4. The number of para-hydroxylation sites is 4. The quantitative estimate of drug-likeness (QED) is 0.170. The van der Waals surface area contributed by atoms with E-state index in [1.807, 2.05) is 0 Å². The highest BCUT2D eigenvalue weighted by Crippen LogP contribution is 2.51. The fourth-order valence-electron chi connectivity index (χ4n) is 10.4. The zero-order valence-electron chi connectivity index (χ0n) is 32.8. The Morgan fingerprint density at radius 1 is 0.322 bits per heavy atom. The Morgan fingerprint density at radius 2 is 0.746 bits per heavy atom. The van der Waals surface area contributed by atoms with Crippen LogP contribution in [0.25, 0.3) is 99.3 Å². The molecular weight excluding hydrogens is 717 g/mol. The van der Waals surface area contributed by atoms with Crippen molar-refractivity contribution in [1.82, 2.24) is 18.3 Å². The van der Waals surface area contributed by atoms with E-state index in [9.17, 15) is 0 Å². The molecule has 0 radical (unpaired) electrons.